The molecule has 0 aromatic heterocycles. The van der Waals surface area contributed by atoms with Crippen LogP contribution in [0.4, 0.5) is 5.69 Å². The largest absolute Gasteiger partial charge is 0.450 e. The van der Waals surface area contributed by atoms with E-state index < -0.39 is 4.92 Å². The first-order valence-corrected chi connectivity index (χ1v) is 6.12. The van der Waals surface area contributed by atoms with Crippen molar-refractivity contribution in [3.63, 3.8) is 0 Å². The summed E-state index contributed by atoms with van der Waals surface area (Å²) in [5, 5.41) is 28.9. The van der Waals surface area contributed by atoms with Crippen LogP contribution in [-0.4, -0.2) is 10.0 Å². The van der Waals surface area contributed by atoms with E-state index in [1.54, 1.807) is 25.1 Å². The van der Waals surface area contributed by atoms with Crippen LogP contribution >= 0.6 is 0 Å². The molecule has 0 saturated heterocycles. The number of nitro groups is 1. The van der Waals surface area contributed by atoms with Crippen LogP contribution in [0.25, 0.3) is 0 Å². The number of ether oxygens (including phenoxy) is 1. The van der Waals surface area contributed by atoms with Gasteiger partial charge in [-0.05, 0) is 36.2 Å². The van der Waals surface area contributed by atoms with Crippen molar-refractivity contribution >= 4 is 5.69 Å². The van der Waals surface area contributed by atoms with Gasteiger partial charge < -0.3 is 9.84 Å². The third kappa shape index (κ3) is 3.16. The van der Waals surface area contributed by atoms with Crippen LogP contribution in [-0.2, 0) is 6.61 Å². The number of rotatable bonds is 4. The Morgan fingerprint density at radius 2 is 2.00 bits per heavy atom. The number of hydrogen-bond donors (Lipinski definition) is 1. The van der Waals surface area contributed by atoms with E-state index in [-0.39, 0.29) is 23.6 Å². The molecule has 0 aliphatic rings. The molecule has 0 aliphatic carbocycles. The molecule has 2 aromatic rings. The molecule has 21 heavy (non-hydrogen) atoms. The van der Waals surface area contributed by atoms with Gasteiger partial charge in [-0.1, -0.05) is 12.1 Å². The van der Waals surface area contributed by atoms with E-state index in [0.717, 1.165) is 11.1 Å². The SMILES string of the molecule is Cc1cc(CO)ccc1Oc1ccc(C#N)cc1[N+](=O)[O-]. The van der Waals surface area contributed by atoms with Gasteiger partial charge in [0.2, 0.25) is 5.75 Å². The van der Waals surface area contributed by atoms with Crippen LogP contribution in [0.1, 0.15) is 16.7 Å². The van der Waals surface area contributed by atoms with Gasteiger partial charge in [-0.25, -0.2) is 0 Å². The summed E-state index contributed by atoms with van der Waals surface area (Å²) in [6.07, 6.45) is 0. The molecule has 0 atom stereocenters. The number of hydrogen-bond acceptors (Lipinski definition) is 5. The first-order chi connectivity index (χ1) is 10.0. The number of aliphatic hydroxyl groups excluding tert-OH is 1. The minimum absolute atomic E-state index is 0.0684. The molecule has 106 valence electrons. The lowest BCUT2D eigenvalue weighted by Crippen LogP contribution is -1.96. The molecule has 0 unspecified atom stereocenters. The summed E-state index contributed by atoms with van der Waals surface area (Å²) >= 11 is 0. The van der Waals surface area contributed by atoms with Gasteiger partial charge in [0.1, 0.15) is 5.75 Å². The second-order valence-electron chi connectivity index (χ2n) is 4.41. The molecule has 0 bridgehead atoms. The fourth-order valence-corrected chi connectivity index (χ4v) is 1.86. The summed E-state index contributed by atoms with van der Waals surface area (Å²) in [5.41, 5.74) is 1.41. The predicted molar refractivity (Wildman–Crippen MR) is 75.0 cm³/mol. The number of nitro benzene ring substituents is 1. The second kappa shape index (κ2) is 6.03. The van der Waals surface area contributed by atoms with Gasteiger partial charge in [0.05, 0.1) is 23.2 Å². The van der Waals surface area contributed by atoms with E-state index >= 15 is 0 Å². The molecule has 0 amide bonds. The molecule has 0 aliphatic heterocycles. The van der Waals surface area contributed by atoms with Crippen molar-refractivity contribution in [1.29, 1.82) is 5.26 Å². The maximum absolute atomic E-state index is 11.0. The Morgan fingerprint density at radius 1 is 1.29 bits per heavy atom. The standard InChI is InChI=1S/C15H12N2O4/c1-10-6-12(9-18)3-4-14(10)21-15-5-2-11(8-16)7-13(15)17(19)20/h2-7,18H,9H2,1H3. The predicted octanol–water partition coefficient (Wildman–Crippen LogP) is 3.06. The molecule has 2 rings (SSSR count). The monoisotopic (exact) mass is 284 g/mol. The zero-order chi connectivity index (χ0) is 15.4. The topological polar surface area (TPSA) is 96.4 Å². The van der Waals surface area contributed by atoms with Crippen molar-refractivity contribution in [2.24, 2.45) is 0 Å². The Bertz CT molecular complexity index is 735. The fraction of sp³-hybridized carbons (Fsp3) is 0.133. The average Bonchev–Trinajstić information content (AvgIpc) is 2.49. The highest BCUT2D eigenvalue weighted by atomic mass is 16.6. The number of benzene rings is 2. The molecule has 0 saturated carbocycles. The van der Waals surface area contributed by atoms with Crippen molar-refractivity contribution in [1.82, 2.24) is 0 Å². The Balaban J connectivity index is 2.40. The van der Waals surface area contributed by atoms with E-state index in [1.165, 1.54) is 18.2 Å². The van der Waals surface area contributed by atoms with E-state index in [4.69, 9.17) is 15.1 Å². The van der Waals surface area contributed by atoms with Gasteiger partial charge in [0.15, 0.2) is 0 Å². The van der Waals surface area contributed by atoms with Crippen LogP contribution < -0.4 is 4.74 Å². The van der Waals surface area contributed by atoms with E-state index in [1.807, 2.05) is 6.07 Å². The highest BCUT2D eigenvalue weighted by molar-refractivity contribution is 5.53. The summed E-state index contributed by atoms with van der Waals surface area (Å²) in [5.74, 6) is 0.527. The van der Waals surface area contributed by atoms with Gasteiger partial charge in [-0.15, -0.1) is 0 Å². The van der Waals surface area contributed by atoms with E-state index in [9.17, 15) is 10.1 Å². The van der Waals surface area contributed by atoms with Crippen LogP contribution in [0.2, 0.25) is 0 Å². The van der Waals surface area contributed by atoms with E-state index in [2.05, 4.69) is 0 Å². The zero-order valence-corrected chi connectivity index (χ0v) is 11.2. The molecule has 1 N–H and O–H groups in total. The summed E-state index contributed by atoms with van der Waals surface area (Å²) < 4.78 is 5.57. The third-order valence-electron chi connectivity index (χ3n) is 2.93. The highest BCUT2D eigenvalue weighted by Crippen LogP contribution is 2.33. The molecule has 0 heterocycles. The average molecular weight is 284 g/mol. The first kappa shape index (κ1) is 14.5. The van der Waals surface area contributed by atoms with Crippen LogP contribution in [0, 0.1) is 28.4 Å². The van der Waals surface area contributed by atoms with Gasteiger partial charge in [-0.3, -0.25) is 10.1 Å². The zero-order valence-electron chi connectivity index (χ0n) is 11.2. The molecule has 2 aromatic carbocycles. The van der Waals surface area contributed by atoms with Crippen LogP contribution in [0.15, 0.2) is 36.4 Å². The number of aliphatic hydroxyl groups is 1. The Hall–Kier alpha value is -2.91. The first-order valence-electron chi connectivity index (χ1n) is 6.12. The fourth-order valence-electron chi connectivity index (χ4n) is 1.86. The van der Waals surface area contributed by atoms with Gasteiger partial charge >= 0.3 is 5.69 Å². The lowest BCUT2D eigenvalue weighted by molar-refractivity contribution is -0.385. The molecular formula is C15H12N2O4. The van der Waals surface area contributed by atoms with Gasteiger partial charge in [0.25, 0.3) is 0 Å². The number of aryl methyl sites for hydroxylation is 1. The smallest absolute Gasteiger partial charge is 0.312 e. The van der Waals surface area contributed by atoms with Crippen LogP contribution in [0.3, 0.4) is 0 Å². The summed E-state index contributed by atoms with van der Waals surface area (Å²) in [6.45, 7) is 1.70. The summed E-state index contributed by atoms with van der Waals surface area (Å²) in [6, 6.07) is 10.9. The summed E-state index contributed by atoms with van der Waals surface area (Å²) in [4.78, 5) is 10.5. The third-order valence-corrected chi connectivity index (χ3v) is 2.93. The van der Waals surface area contributed by atoms with Crippen LogP contribution in [0.5, 0.6) is 11.5 Å². The Labute approximate surface area is 121 Å². The number of nitrogens with zero attached hydrogens (tertiary/aromatic N) is 2. The molecular weight excluding hydrogens is 272 g/mol. The lowest BCUT2D eigenvalue weighted by Gasteiger charge is -2.10. The Kier molecular flexibility index (Phi) is 4.16. The van der Waals surface area contributed by atoms with E-state index in [0.29, 0.717) is 5.75 Å². The minimum atomic E-state index is -0.590. The van der Waals surface area contributed by atoms with Crippen molar-refractivity contribution in [2.75, 3.05) is 0 Å². The van der Waals surface area contributed by atoms with Gasteiger partial charge in [0, 0.05) is 6.07 Å². The van der Waals surface area contributed by atoms with Crippen molar-refractivity contribution < 1.29 is 14.8 Å². The Morgan fingerprint density at radius 3 is 2.57 bits per heavy atom. The molecule has 6 nitrogen and oxygen atoms in total. The quantitative estimate of drug-likeness (QED) is 0.687. The maximum atomic E-state index is 11.0. The maximum Gasteiger partial charge on any atom is 0.312 e. The minimum Gasteiger partial charge on any atom is -0.450 e. The normalized spacial score (nSPS) is 9.95. The second-order valence-corrected chi connectivity index (χ2v) is 4.41. The van der Waals surface area contributed by atoms with Crippen molar-refractivity contribution in [3.05, 3.63) is 63.2 Å². The lowest BCUT2D eigenvalue weighted by atomic mass is 10.1. The van der Waals surface area contributed by atoms with Crippen molar-refractivity contribution in [2.45, 2.75) is 13.5 Å². The molecule has 6 heteroatoms. The molecule has 0 spiro atoms. The number of nitriles is 1. The van der Waals surface area contributed by atoms with Crippen molar-refractivity contribution in [3.8, 4) is 17.6 Å². The molecule has 0 radical (unpaired) electrons. The highest BCUT2D eigenvalue weighted by Gasteiger charge is 2.17. The van der Waals surface area contributed by atoms with Gasteiger partial charge in [-0.2, -0.15) is 5.26 Å². The summed E-state index contributed by atoms with van der Waals surface area (Å²) in [7, 11) is 0. The molecule has 0 fully saturated rings.